The van der Waals surface area contributed by atoms with E-state index in [1.54, 1.807) is 17.7 Å². The van der Waals surface area contributed by atoms with E-state index in [4.69, 9.17) is 5.73 Å². The lowest BCUT2D eigenvalue weighted by molar-refractivity contribution is -0.139. The topological polar surface area (TPSA) is 146 Å². The highest BCUT2D eigenvalue weighted by molar-refractivity contribution is 6.00. The Morgan fingerprint density at radius 3 is 2.31 bits per heavy atom. The summed E-state index contributed by atoms with van der Waals surface area (Å²) in [4.78, 5) is 73.4. The van der Waals surface area contributed by atoms with Crippen molar-refractivity contribution in [1.82, 2.24) is 29.2 Å². The fraction of sp³-hybridized carbons (Fsp3) is 0.463. The second-order valence-corrected chi connectivity index (χ2v) is 19.5. The summed E-state index contributed by atoms with van der Waals surface area (Å²) in [6, 6.07) is 22.8. The second kappa shape index (κ2) is 19.3. The molecule has 4 amide bonds. The van der Waals surface area contributed by atoms with Crippen LogP contribution in [0.4, 0.5) is 15.8 Å². The minimum Gasteiger partial charge on any atom is -0.399 e. The van der Waals surface area contributed by atoms with Gasteiger partial charge in [-0.25, -0.2) is 9.18 Å². The number of amides is 4. The van der Waals surface area contributed by atoms with E-state index in [2.05, 4.69) is 58.1 Å². The molecule has 4 aromatic carbocycles. The number of imide groups is 1. The summed E-state index contributed by atoms with van der Waals surface area (Å²) < 4.78 is 19.5. The second-order valence-electron chi connectivity index (χ2n) is 19.5. The fourth-order valence-corrected chi connectivity index (χ4v) is 11.1. The zero-order chi connectivity index (χ0) is 47.9. The number of hydrogen-bond donors (Lipinski definition) is 2. The number of nitrogens with one attached hydrogen (secondary N) is 1. The SMILES string of the molecule is CCN(C(=O)c1cc(N)ccc1C)[C@H](C)c1ccc(C#CC2CCN(CC3(F)CCN(C(=O)C4CCN(c5ccc6c(c5)n(C)c(=O)n6C5CCC(=O)NC5=O)CC4)CC3)CC2)c2ccccc12. The minimum absolute atomic E-state index is 0.0411. The van der Waals surface area contributed by atoms with Gasteiger partial charge in [0.2, 0.25) is 17.7 Å². The number of hydrogen-bond acceptors (Lipinski definition) is 8. The van der Waals surface area contributed by atoms with Crippen LogP contribution in [0.5, 0.6) is 0 Å². The first-order valence-electron chi connectivity index (χ1n) is 24.4. The Morgan fingerprint density at radius 1 is 0.882 bits per heavy atom. The third-order valence-corrected chi connectivity index (χ3v) is 15.2. The molecule has 4 fully saturated rings. The summed E-state index contributed by atoms with van der Waals surface area (Å²) in [5.41, 5.74) is 10.8. The number of aryl methyl sites for hydroxylation is 2. The van der Waals surface area contributed by atoms with Crippen molar-refractivity contribution >= 4 is 56.8 Å². The Labute approximate surface area is 397 Å². The van der Waals surface area contributed by atoms with Crippen LogP contribution >= 0.6 is 0 Å². The molecule has 5 heterocycles. The van der Waals surface area contributed by atoms with Crippen molar-refractivity contribution in [2.24, 2.45) is 18.9 Å². The zero-order valence-electron chi connectivity index (χ0n) is 39.7. The van der Waals surface area contributed by atoms with Gasteiger partial charge in [0.25, 0.3) is 5.91 Å². The maximum atomic E-state index is 16.4. The normalized spacial score (nSPS) is 20.0. The number of aromatic nitrogens is 2. The number of nitrogen functional groups attached to an aromatic ring is 1. The van der Waals surface area contributed by atoms with Crippen LogP contribution in [0.1, 0.15) is 104 Å². The molecule has 13 nitrogen and oxygen atoms in total. The van der Waals surface area contributed by atoms with Gasteiger partial charge in [0, 0.05) is 99.9 Å². The molecule has 356 valence electrons. The van der Waals surface area contributed by atoms with Crippen molar-refractivity contribution in [3.63, 3.8) is 0 Å². The third-order valence-electron chi connectivity index (χ3n) is 15.2. The molecule has 3 N–H and O–H groups in total. The standard InChI is InChI=1S/C54H63FN8O5/c1-5-62(52(67)45-32-40(56)14-10-35(45)2)36(3)42-16-13-38(43-8-6-7-9-44(42)43)12-11-37-20-26-59(27-21-37)34-54(55)24-30-61(31-25-54)51(66)39-22-28-60(29-23-39)41-15-17-46-48(33-41)58(4)53(68)63(46)47-18-19-49(64)57-50(47)65/h6-10,13-17,32-33,36-37,39,47H,5,18-31,34,56H2,1-4H3,(H,57,64,65)/t36-,47?/m1/s1. The number of imidazole rings is 1. The van der Waals surface area contributed by atoms with Crippen LogP contribution in [0.15, 0.2) is 77.6 Å². The van der Waals surface area contributed by atoms with Crippen molar-refractivity contribution in [3.8, 4) is 11.8 Å². The van der Waals surface area contributed by atoms with Gasteiger partial charge in [-0.1, -0.05) is 48.2 Å². The molecule has 0 saturated carbocycles. The van der Waals surface area contributed by atoms with Crippen molar-refractivity contribution in [2.75, 3.05) is 63.0 Å². The molecule has 1 unspecified atom stereocenters. The van der Waals surface area contributed by atoms with Crippen LogP contribution in [0.3, 0.4) is 0 Å². The molecule has 0 aliphatic carbocycles. The molecule has 4 aliphatic rings. The summed E-state index contributed by atoms with van der Waals surface area (Å²) in [6.07, 6.45) is 4.26. The molecular weight excluding hydrogens is 860 g/mol. The Kier molecular flexibility index (Phi) is 13.2. The number of piperidine rings is 4. The van der Waals surface area contributed by atoms with Crippen LogP contribution in [-0.4, -0.2) is 105 Å². The number of fused-ring (bicyclic) bond motifs is 2. The average Bonchev–Trinajstić information content (AvgIpc) is 3.59. The molecule has 4 saturated heterocycles. The van der Waals surface area contributed by atoms with Gasteiger partial charge in [-0.3, -0.25) is 33.6 Å². The number of anilines is 2. The molecule has 0 spiro atoms. The number of carbonyl (C=O) groups is 4. The van der Waals surface area contributed by atoms with Crippen LogP contribution in [0.2, 0.25) is 0 Å². The van der Waals surface area contributed by atoms with Crippen molar-refractivity contribution in [2.45, 2.75) is 89.9 Å². The van der Waals surface area contributed by atoms with Crippen LogP contribution < -0.4 is 21.6 Å². The molecule has 1 aromatic heterocycles. The maximum Gasteiger partial charge on any atom is 0.329 e. The van der Waals surface area contributed by atoms with E-state index in [-0.39, 0.29) is 54.1 Å². The predicted molar refractivity (Wildman–Crippen MR) is 264 cm³/mol. The summed E-state index contributed by atoms with van der Waals surface area (Å²) in [5.74, 6) is 6.44. The van der Waals surface area contributed by atoms with Gasteiger partial charge in [0.1, 0.15) is 11.7 Å². The highest BCUT2D eigenvalue weighted by Crippen LogP contribution is 2.35. The maximum absolute atomic E-state index is 16.4. The Morgan fingerprint density at radius 2 is 1.60 bits per heavy atom. The van der Waals surface area contributed by atoms with E-state index in [0.29, 0.717) is 87.2 Å². The van der Waals surface area contributed by atoms with E-state index in [0.717, 1.165) is 59.1 Å². The highest BCUT2D eigenvalue weighted by Gasteiger charge is 2.40. The number of likely N-dealkylation sites (tertiary alicyclic amines) is 2. The highest BCUT2D eigenvalue weighted by atomic mass is 19.1. The molecule has 9 rings (SSSR count). The summed E-state index contributed by atoms with van der Waals surface area (Å²) >= 11 is 0. The van der Waals surface area contributed by atoms with Crippen molar-refractivity contribution < 1.29 is 23.6 Å². The van der Waals surface area contributed by atoms with Gasteiger partial charge < -0.3 is 25.3 Å². The van der Waals surface area contributed by atoms with Crippen LogP contribution in [-0.2, 0) is 21.4 Å². The lowest BCUT2D eigenvalue weighted by Crippen LogP contribution is -2.52. The van der Waals surface area contributed by atoms with E-state index < -0.39 is 17.6 Å². The zero-order valence-corrected chi connectivity index (χ0v) is 39.7. The number of benzene rings is 4. The Bertz CT molecular complexity index is 2890. The third kappa shape index (κ3) is 9.25. The van der Waals surface area contributed by atoms with E-state index >= 15 is 4.39 Å². The fourth-order valence-electron chi connectivity index (χ4n) is 11.1. The smallest absolute Gasteiger partial charge is 0.329 e. The molecule has 2 atom stereocenters. The molecule has 68 heavy (non-hydrogen) atoms. The summed E-state index contributed by atoms with van der Waals surface area (Å²) in [5, 5.41) is 4.49. The van der Waals surface area contributed by atoms with Gasteiger partial charge in [0.05, 0.1) is 17.1 Å². The number of carbonyl (C=O) groups excluding carboxylic acids is 4. The lowest BCUT2D eigenvalue weighted by atomic mass is 9.88. The van der Waals surface area contributed by atoms with Crippen molar-refractivity contribution in [1.29, 1.82) is 0 Å². The molecular formula is C54H63FN8O5. The Balaban J connectivity index is 0.753. The summed E-state index contributed by atoms with van der Waals surface area (Å²) in [6.45, 7) is 10.7. The molecule has 4 aliphatic heterocycles. The first-order chi connectivity index (χ1) is 32.7. The molecule has 5 aromatic rings. The number of halogens is 1. The average molecular weight is 923 g/mol. The van der Waals surface area contributed by atoms with Crippen LogP contribution in [0.25, 0.3) is 21.8 Å². The molecule has 0 bridgehead atoms. The van der Waals surface area contributed by atoms with Crippen molar-refractivity contribution in [3.05, 3.63) is 106 Å². The predicted octanol–water partition coefficient (Wildman–Crippen LogP) is 6.90. The van der Waals surface area contributed by atoms with E-state index in [9.17, 15) is 24.0 Å². The quantitative estimate of drug-likeness (QED) is 0.0924. The number of nitrogens with two attached hydrogens (primary N) is 1. The largest absolute Gasteiger partial charge is 0.399 e. The van der Waals surface area contributed by atoms with Gasteiger partial charge in [0.15, 0.2) is 0 Å². The molecule has 14 heteroatoms. The number of alkyl halides is 1. The molecule has 0 radical (unpaired) electrons. The summed E-state index contributed by atoms with van der Waals surface area (Å²) in [7, 11) is 1.69. The van der Waals surface area contributed by atoms with Crippen LogP contribution in [0, 0.1) is 30.6 Å². The van der Waals surface area contributed by atoms with E-state index in [1.165, 1.54) is 4.57 Å². The van der Waals surface area contributed by atoms with E-state index in [1.807, 2.05) is 66.1 Å². The van der Waals surface area contributed by atoms with Gasteiger partial charge in [-0.2, -0.15) is 0 Å². The minimum atomic E-state index is -1.34. The first-order valence-corrected chi connectivity index (χ1v) is 24.4. The van der Waals surface area contributed by atoms with Gasteiger partial charge in [-0.05, 0) is 124 Å². The number of rotatable bonds is 9. The van der Waals surface area contributed by atoms with Gasteiger partial charge >= 0.3 is 5.69 Å². The Hall–Kier alpha value is -6.46. The first kappa shape index (κ1) is 46.6. The monoisotopic (exact) mass is 922 g/mol. The number of nitrogens with zero attached hydrogens (tertiary/aromatic N) is 6. The van der Waals surface area contributed by atoms with Gasteiger partial charge in [-0.15, -0.1) is 0 Å². The lowest BCUT2D eigenvalue weighted by Gasteiger charge is -2.42.